The van der Waals surface area contributed by atoms with E-state index >= 15 is 0 Å². The molecule has 0 unspecified atom stereocenters. The lowest BCUT2D eigenvalue weighted by molar-refractivity contribution is 0.208. The molecule has 1 saturated heterocycles. The molecule has 3 heterocycles. The summed E-state index contributed by atoms with van der Waals surface area (Å²) in [5, 5.41) is 11.3. The number of anilines is 2. The van der Waals surface area contributed by atoms with E-state index in [1.54, 1.807) is 11.0 Å². The molecule has 0 atom stereocenters. The predicted octanol–water partition coefficient (Wildman–Crippen LogP) is 1.90. The first-order valence-electron chi connectivity index (χ1n) is 9.07. The Balaban J connectivity index is 1.42. The number of amides is 2. The van der Waals surface area contributed by atoms with Crippen molar-refractivity contribution in [3.63, 3.8) is 0 Å². The molecule has 1 aliphatic heterocycles. The number of carbonyl (C=O) groups excluding carboxylic acids is 1. The number of piperazine rings is 1. The SMILES string of the molecule is CCn1nnc2c(N3CCN(C(=O)Nc4ccc(C)cc4)CC3)ncnc21. The first kappa shape index (κ1) is 17.2. The summed E-state index contributed by atoms with van der Waals surface area (Å²) in [7, 11) is 0. The fraction of sp³-hybridized carbons (Fsp3) is 0.389. The fourth-order valence-electron chi connectivity index (χ4n) is 3.19. The first-order valence-corrected chi connectivity index (χ1v) is 9.07. The van der Waals surface area contributed by atoms with Crippen molar-refractivity contribution in [2.45, 2.75) is 20.4 Å². The minimum atomic E-state index is -0.0803. The van der Waals surface area contributed by atoms with Crippen molar-refractivity contribution in [2.75, 3.05) is 36.4 Å². The van der Waals surface area contributed by atoms with Gasteiger partial charge in [-0.3, -0.25) is 0 Å². The van der Waals surface area contributed by atoms with E-state index in [1.807, 2.05) is 43.0 Å². The van der Waals surface area contributed by atoms with E-state index in [9.17, 15) is 4.79 Å². The normalized spacial score (nSPS) is 14.6. The fourth-order valence-corrected chi connectivity index (χ4v) is 3.19. The highest BCUT2D eigenvalue weighted by Crippen LogP contribution is 2.22. The zero-order valence-electron chi connectivity index (χ0n) is 15.5. The molecule has 0 radical (unpaired) electrons. The van der Waals surface area contributed by atoms with Crippen molar-refractivity contribution < 1.29 is 4.79 Å². The van der Waals surface area contributed by atoms with E-state index < -0.39 is 0 Å². The average Bonchev–Trinajstić information content (AvgIpc) is 3.13. The Labute approximate surface area is 157 Å². The molecular formula is C18H22N8O. The minimum absolute atomic E-state index is 0.0803. The van der Waals surface area contributed by atoms with Crippen LogP contribution in [0.5, 0.6) is 0 Å². The molecule has 0 spiro atoms. The predicted molar refractivity (Wildman–Crippen MR) is 103 cm³/mol. The molecule has 1 aliphatic rings. The molecule has 9 heteroatoms. The van der Waals surface area contributed by atoms with Gasteiger partial charge in [-0.05, 0) is 26.0 Å². The molecule has 2 aromatic heterocycles. The first-order chi connectivity index (χ1) is 13.2. The van der Waals surface area contributed by atoms with Gasteiger partial charge < -0.3 is 15.1 Å². The summed E-state index contributed by atoms with van der Waals surface area (Å²) >= 11 is 0. The van der Waals surface area contributed by atoms with Gasteiger partial charge in [0.05, 0.1) is 0 Å². The van der Waals surface area contributed by atoms with E-state index in [0.717, 1.165) is 22.7 Å². The second-order valence-corrected chi connectivity index (χ2v) is 6.54. The van der Waals surface area contributed by atoms with Crippen LogP contribution in [-0.2, 0) is 6.54 Å². The third-order valence-corrected chi connectivity index (χ3v) is 4.75. The maximum Gasteiger partial charge on any atom is 0.321 e. The Hall–Kier alpha value is -3.23. The second-order valence-electron chi connectivity index (χ2n) is 6.54. The number of hydrogen-bond donors (Lipinski definition) is 1. The summed E-state index contributed by atoms with van der Waals surface area (Å²) in [4.78, 5) is 25.1. The van der Waals surface area contributed by atoms with Crippen molar-refractivity contribution in [2.24, 2.45) is 0 Å². The Kier molecular flexibility index (Phi) is 4.57. The Morgan fingerprint density at radius 2 is 1.85 bits per heavy atom. The van der Waals surface area contributed by atoms with Gasteiger partial charge in [0.25, 0.3) is 0 Å². The van der Waals surface area contributed by atoms with E-state index in [0.29, 0.717) is 38.2 Å². The number of aryl methyl sites for hydroxylation is 2. The largest absolute Gasteiger partial charge is 0.351 e. The summed E-state index contributed by atoms with van der Waals surface area (Å²) in [5.74, 6) is 0.776. The number of carbonyl (C=O) groups is 1. The molecule has 0 saturated carbocycles. The molecule has 1 aromatic carbocycles. The monoisotopic (exact) mass is 366 g/mol. The van der Waals surface area contributed by atoms with Crippen molar-refractivity contribution in [3.05, 3.63) is 36.2 Å². The number of fused-ring (bicyclic) bond motifs is 1. The Morgan fingerprint density at radius 1 is 1.11 bits per heavy atom. The molecule has 1 N–H and O–H groups in total. The van der Waals surface area contributed by atoms with Crippen LogP contribution in [0.3, 0.4) is 0 Å². The van der Waals surface area contributed by atoms with Crippen LogP contribution in [0.15, 0.2) is 30.6 Å². The van der Waals surface area contributed by atoms with E-state index in [-0.39, 0.29) is 6.03 Å². The number of urea groups is 1. The molecule has 2 amide bonds. The summed E-state index contributed by atoms with van der Waals surface area (Å²) < 4.78 is 1.76. The van der Waals surface area contributed by atoms with Crippen LogP contribution in [-0.4, -0.2) is 62.1 Å². The number of rotatable bonds is 3. The zero-order chi connectivity index (χ0) is 18.8. The van der Waals surface area contributed by atoms with Crippen molar-refractivity contribution in [3.8, 4) is 0 Å². The molecule has 1 fully saturated rings. The third kappa shape index (κ3) is 3.40. The molecule has 0 bridgehead atoms. The molecule has 0 aliphatic carbocycles. The molecule has 3 aromatic rings. The summed E-state index contributed by atoms with van der Waals surface area (Å²) in [6, 6.07) is 7.72. The van der Waals surface area contributed by atoms with Crippen molar-refractivity contribution >= 4 is 28.7 Å². The average molecular weight is 366 g/mol. The van der Waals surface area contributed by atoms with Gasteiger partial charge in [0.2, 0.25) is 0 Å². The second kappa shape index (κ2) is 7.18. The maximum absolute atomic E-state index is 12.5. The van der Waals surface area contributed by atoms with Crippen LogP contribution in [0, 0.1) is 6.92 Å². The topological polar surface area (TPSA) is 92.1 Å². The number of benzene rings is 1. The molecular weight excluding hydrogens is 344 g/mol. The third-order valence-electron chi connectivity index (χ3n) is 4.75. The van der Waals surface area contributed by atoms with Gasteiger partial charge in [-0.15, -0.1) is 5.10 Å². The van der Waals surface area contributed by atoms with Gasteiger partial charge in [-0.25, -0.2) is 19.4 Å². The van der Waals surface area contributed by atoms with Crippen molar-refractivity contribution in [1.29, 1.82) is 0 Å². The summed E-state index contributed by atoms with van der Waals surface area (Å²) in [6.07, 6.45) is 1.55. The number of hydrogen-bond acceptors (Lipinski definition) is 6. The van der Waals surface area contributed by atoms with Crippen LogP contribution in [0.1, 0.15) is 12.5 Å². The Bertz CT molecular complexity index is 944. The zero-order valence-corrected chi connectivity index (χ0v) is 15.5. The highest BCUT2D eigenvalue weighted by Gasteiger charge is 2.24. The van der Waals surface area contributed by atoms with Gasteiger partial charge in [-0.1, -0.05) is 22.9 Å². The molecule has 9 nitrogen and oxygen atoms in total. The Morgan fingerprint density at radius 3 is 2.56 bits per heavy atom. The number of nitrogens with zero attached hydrogens (tertiary/aromatic N) is 7. The van der Waals surface area contributed by atoms with Crippen LogP contribution in [0.25, 0.3) is 11.2 Å². The standard InChI is InChI=1S/C18H22N8O/c1-3-26-17-15(22-23-26)16(19-12-20-17)24-8-10-25(11-9-24)18(27)21-14-6-4-13(2)5-7-14/h4-7,12H,3,8-11H2,1-2H3,(H,21,27). The molecule has 4 rings (SSSR count). The number of aromatic nitrogens is 5. The van der Waals surface area contributed by atoms with Gasteiger partial charge in [0.15, 0.2) is 17.0 Å². The lowest BCUT2D eigenvalue weighted by Gasteiger charge is -2.35. The number of nitrogens with one attached hydrogen (secondary N) is 1. The highest BCUT2D eigenvalue weighted by atomic mass is 16.2. The minimum Gasteiger partial charge on any atom is -0.351 e. The lowest BCUT2D eigenvalue weighted by Crippen LogP contribution is -2.50. The van der Waals surface area contributed by atoms with Crippen molar-refractivity contribution in [1.82, 2.24) is 29.9 Å². The van der Waals surface area contributed by atoms with Crippen LogP contribution < -0.4 is 10.2 Å². The van der Waals surface area contributed by atoms with E-state index in [1.165, 1.54) is 0 Å². The van der Waals surface area contributed by atoms with Gasteiger partial charge in [0, 0.05) is 38.4 Å². The van der Waals surface area contributed by atoms with Crippen LogP contribution >= 0.6 is 0 Å². The summed E-state index contributed by atoms with van der Waals surface area (Å²) in [6.45, 7) is 7.34. The van der Waals surface area contributed by atoms with Crippen LogP contribution in [0.4, 0.5) is 16.3 Å². The van der Waals surface area contributed by atoms with Gasteiger partial charge in [-0.2, -0.15) is 0 Å². The lowest BCUT2D eigenvalue weighted by atomic mass is 10.2. The highest BCUT2D eigenvalue weighted by molar-refractivity contribution is 5.89. The summed E-state index contributed by atoms with van der Waals surface area (Å²) in [5.41, 5.74) is 3.42. The molecule has 140 valence electrons. The van der Waals surface area contributed by atoms with E-state index in [2.05, 4.69) is 30.5 Å². The van der Waals surface area contributed by atoms with Gasteiger partial charge in [0.1, 0.15) is 6.33 Å². The van der Waals surface area contributed by atoms with E-state index in [4.69, 9.17) is 0 Å². The molecule has 27 heavy (non-hydrogen) atoms. The smallest absolute Gasteiger partial charge is 0.321 e. The van der Waals surface area contributed by atoms with Gasteiger partial charge >= 0.3 is 6.03 Å². The quantitative estimate of drug-likeness (QED) is 0.761. The maximum atomic E-state index is 12.5. The van der Waals surface area contributed by atoms with Crippen LogP contribution in [0.2, 0.25) is 0 Å².